The summed E-state index contributed by atoms with van der Waals surface area (Å²) in [5, 5.41) is 6.70. The Kier molecular flexibility index (Phi) is 4.52. The lowest BCUT2D eigenvalue weighted by Crippen LogP contribution is -2.23. The minimum absolute atomic E-state index is 0.180. The van der Waals surface area contributed by atoms with Gasteiger partial charge in [-0.2, -0.15) is 4.98 Å². The average molecular weight is 372 g/mol. The van der Waals surface area contributed by atoms with Crippen molar-refractivity contribution in [1.82, 2.24) is 15.5 Å². The number of hydrogen-bond donors (Lipinski definition) is 1. The molecule has 0 atom stereocenters. The summed E-state index contributed by atoms with van der Waals surface area (Å²) in [6, 6.07) is 15.1. The van der Waals surface area contributed by atoms with Crippen molar-refractivity contribution >= 4 is 21.8 Å². The lowest BCUT2D eigenvalue weighted by atomic mass is 10.1. The second-order valence-corrected chi connectivity index (χ2v) is 5.89. The summed E-state index contributed by atoms with van der Waals surface area (Å²) >= 11 is 3.35. The summed E-state index contributed by atoms with van der Waals surface area (Å²) in [6.45, 7) is 2.20. The predicted molar refractivity (Wildman–Crippen MR) is 89.8 cm³/mol. The van der Waals surface area contributed by atoms with E-state index >= 15 is 0 Å². The van der Waals surface area contributed by atoms with Gasteiger partial charge in [-0.25, -0.2) is 0 Å². The van der Waals surface area contributed by atoms with Crippen LogP contribution >= 0.6 is 15.9 Å². The molecule has 3 aromatic rings. The summed E-state index contributed by atoms with van der Waals surface area (Å²) in [5.41, 5.74) is 2.60. The Morgan fingerprint density at radius 2 is 1.91 bits per heavy atom. The highest BCUT2D eigenvalue weighted by molar-refractivity contribution is 9.10. The normalized spacial score (nSPS) is 10.5. The van der Waals surface area contributed by atoms with Gasteiger partial charge >= 0.3 is 0 Å². The molecule has 1 aromatic heterocycles. The molecule has 1 N–H and O–H groups in total. The number of carbonyl (C=O) groups is 1. The minimum Gasteiger partial charge on any atom is -0.343 e. The van der Waals surface area contributed by atoms with Gasteiger partial charge in [0.15, 0.2) is 0 Å². The van der Waals surface area contributed by atoms with Crippen LogP contribution in [0.5, 0.6) is 0 Å². The molecule has 2 aromatic carbocycles. The molecule has 0 saturated carbocycles. The van der Waals surface area contributed by atoms with Crippen LogP contribution in [-0.2, 0) is 6.54 Å². The van der Waals surface area contributed by atoms with Crippen molar-refractivity contribution in [2.24, 2.45) is 0 Å². The number of hydrogen-bond acceptors (Lipinski definition) is 4. The first kappa shape index (κ1) is 15.4. The zero-order valence-corrected chi connectivity index (χ0v) is 14.0. The first-order chi connectivity index (χ1) is 11.1. The van der Waals surface area contributed by atoms with Gasteiger partial charge in [0.05, 0.1) is 12.1 Å². The molecule has 5 nitrogen and oxygen atoms in total. The predicted octanol–water partition coefficient (Wildman–Crippen LogP) is 3.74. The van der Waals surface area contributed by atoms with E-state index in [4.69, 9.17) is 4.52 Å². The van der Waals surface area contributed by atoms with Crippen molar-refractivity contribution < 1.29 is 9.32 Å². The molecule has 0 saturated heterocycles. The molecule has 0 fully saturated rings. The molecule has 3 rings (SSSR count). The van der Waals surface area contributed by atoms with E-state index in [0.29, 0.717) is 17.3 Å². The summed E-state index contributed by atoms with van der Waals surface area (Å²) in [6.07, 6.45) is 0. The third-order valence-electron chi connectivity index (χ3n) is 3.30. The molecule has 0 aliphatic carbocycles. The maximum atomic E-state index is 12.1. The molecular formula is C17H14BrN3O2. The lowest BCUT2D eigenvalue weighted by Gasteiger charge is -2.04. The van der Waals surface area contributed by atoms with Crippen LogP contribution in [0.4, 0.5) is 0 Å². The maximum Gasteiger partial charge on any atom is 0.252 e. The van der Waals surface area contributed by atoms with Gasteiger partial charge in [-0.05, 0) is 35.0 Å². The van der Waals surface area contributed by atoms with Crippen LogP contribution in [0.1, 0.15) is 21.8 Å². The molecule has 116 valence electrons. The first-order valence-electron chi connectivity index (χ1n) is 7.06. The number of nitrogens with one attached hydrogen (secondary N) is 1. The quantitative estimate of drug-likeness (QED) is 0.758. The average Bonchev–Trinajstić information content (AvgIpc) is 3.03. The fourth-order valence-electron chi connectivity index (χ4n) is 2.04. The zero-order chi connectivity index (χ0) is 16.2. The fourth-order valence-corrected chi connectivity index (χ4v) is 2.51. The van der Waals surface area contributed by atoms with Gasteiger partial charge in [0.25, 0.3) is 5.91 Å². The lowest BCUT2D eigenvalue weighted by molar-refractivity contribution is 0.0945. The number of aryl methyl sites for hydroxylation is 1. The molecule has 1 amide bonds. The molecule has 6 heteroatoms. The Balaban J connectivity index is 1.67. The molecule has 1 heterocycles. The zero-order valence-electron chi connectivity index (χ0n) is 12.4. The molecule has 0 spiro atoms. The number of amides is 1. The van der Waals surface area contributed by atoms with Crippen LogP contribution in [0.2, 0.25) is 0 Å². The third kappa shape index (κ3) is 3.65. The fraction of sp³-hybridized carbons (Fsp3) is 0.118. The summed E-state index contributed by atoms with van der Waals surface area (Å²) in [5.74, 6) is 0.670. The van der Waals surface area contributed by atoms with Crippen molar-refractivity contribution in [2.45, 2.75) is 13.5 Å². The van der Waals surface area contributed by atoms with Gasteiger partial charge < -0.3 is 9.84 Å². The number of benzene rings is 2. The number of nitrogens with zero attached hydrogens (tertiary/aromatic N) is 2. The number of aromatic nitrogens is 2. The topological polar surface area (TPSA) is 68.0 Å². The van der Waals surface area contributed by atoms with E-state index < -0.39 is 0 Å². The summed E-state index contributed by atoms with van der Waals surface area (Å²) in [4.78, 5) is 16.4. The SMILES string of the molecule is Cc1ccc(-c2noc(CNC(=O)c3ccccc3Br)n2)cc1. The summed E-state index contributed by atoms with van der Waals surface area (Å²) in [7, 11) is 0. The summed E-state index contributed by atoms with van der Waals surface area (Å²) < 4.78 is 5.92. The number of halogens is 1. The molecule has 23 heavy (non-hydrogen) atoms. The first-order valence-corrected chi connectivity index (χ1v) is 7.85. The second kappa shape index (κ2) is 6.75. The highest BCUT2D eigenvalue weighted by Crippen LogP contribution is 2.17. The molecule has 0 unspecified atom stereocenters. The smallest absolute Gasteiger partial charge is 0.252 e. The molecular weight excluding hydrogens is 358 g/mol. The van der Waals surface area contributed by atoms with Crippen LogP contribution in [0.25, 0.3) is 11.4 Å². The highest BCUT2D eigenvalue weighted by Gasteiger charge is 2.12. The van der Waals surface area contributed by atoms with Crippen LogP contribution in [0.3, 0.4) is 0 Å². The van der Waals surface area contributed by atoms with Gasteiger partial charge in [0.1, 0.15) is 0 Å². The van der Waals surface area contributed by atoms with E-state index in [9.17, 15) is 4.79 Å². The molecule has 0 radical (unpaired) electrons. The van der Waals surface area contributed by atoms with Crippen molar-refractivity contribution in [3.05, 3.63) is 70.0 Å². The van der Waals surface area contributed by atoms with Crippen molar-refractivity contribution in [3.8, 4) is 11.4 Å². The van der Waals surface area contributed by atoms with Crippen LogP contribution in [0.15, 0.2) is 57.5 Å². The standard InChI is InChI=1S/C17H14BrN3O2/c1-11-6-8-12(9-7-11)16-20-15(23-21-16)10-19-17(22)13-4-2-3-5-14(13)18/h2-9H,10H2,1H3,(H,19,22). The monoisotopic (exact) mass is 371 g/mol. The minimum atomic E-state index is -0.201. The highest BCUT2D eigenvalue weighted by atomic mass is 79.9. The van der Waals surface area contributed by atoms with Gasteiger partial charge in [0, 0.05) is 10.0 Å². The van der Waals surface area contributed by atoms with Gasteiger partial charge in [-0.15, -0.1) is 0 Å². The van der Waals surface area contributed by atoms with Crippen molar-refractivity contribution in [3.63, 3.8) is 0 Å². The van der Waals surface area contributed by atoms with Crippen molar-refractivity contribution in [1.29, 1.82) is 0 Å². The van der Waals surface area contributed by atoms with Crippen LogP contribution in [-0.4, -0.2) is 16.0 Å². The van der Waals surface area contributed by atoms with E-state index in [-0.39, 0.29) is 12.5 Å². The van der Waals surface area contributed by atoms with E-state index in [2.05, 4.69) is 31.4 Å². The molecule has 0 aliphatic heterocycles. The second-order valence-electron chi connectivity index (χ2n) is 5.04. The maximum absolute atomic E-state index is 12.1. The number of carbonyl (C=O) groups excluding carboxylic acids is 1. The Bertz CT molecular complexity index is 828. The van der Waals surface area contributed by atoms with E-state index in [0.717, 1.165) is 15.6 Å². The van der Waals surface area contributed by atoms with E-state index in [1.54, 1.807) is 6.07 Å². The van der Waals surface area contributed by atoms with Gasteiger partial charge in [-0.1, -0.05) is 47.1 Å². The van der Waals surface area contributed by atoms with Gasteiger partial charge in [0.2, 0.25) is 11.7 Å². The Hall–Kier alpha value is -2.47. The van der Waals surface area contributed by atoms with Crippen LogP contribution in [0, 0.1) is 6.92 Å². The molecule has 0 aliphatic rings. The number of rotatable bonds is 4. The third-order valence-corrected chi connectivity index (χ3v) is 3.99. The van der Waals surface area contributed by atoms with Crippen LogP contribution < -0.4 is 5.32 Å². The Labute approximate surface area is 141 Å². The molecule has 0 bridgehead atoms. The largest absolute Gasteiger partial charge is 0.343 e. The van der Waals surface area contributed by atoms with Crippen molar-refractivity contribution in [2.75, 3.05) is 0 Å². The van der Waals surface area contributed by atoms with E-state index in [1.807, 2.05) is 49.4 Å². The van der Waals surface area contributed by atoms with Gasteiger partial charge in [-0.3, -0.25) is 4.79 Å². The Morgan fingerprint density at radius 3 is 2.65 bits per heavy atom. The Morgan fingerprint density at radius 1 is 1.17 bits per heavy atom. The van der Waals surface area contributed by atoms with E-state index in [1.165, 1.54) is 0 Å².